The van der Waals surface area contributed by atoms with Gasteiger partial charge in [0.15, 0.2) is 25.5 Å². The third-order valence-electron chi connectivity index (χ3n) is 6.71. The first kappa shape index (κ1) is 22.7. The lowest BCUT2D eigenvalue weighted by atomic mass is 9.98. The quantitative estimate of drug-likeness (QED) is 0.234. The first-order chi connectivity index (χ1) is 17.2. The molecular formula is C33H32N2+2. The Hall–Kier alpha value is -4.04. The lowest BCUT2D eigenvalue weighted by Crippen LogP contribution is -2.41. The highest BCUT2D eigenvalue weighted by molar-refractivity contribution is 5.70. The van der Waals surface area contributed by atoms with Crippen LogP contribution in [0.2, 0.25) is 0 Å². The lowest BCUT2D eigenvalue weighted by molar-refractivity contribution is -0.716. The number of hydrogen-bond acceptors (Lipinski definition) is 0. The molecular weight excluding hydrogens is 424 g/mol. The largest absolute Gasteiger partial charge is 0.212 e. The zero-order valence-corrected chi connectivity index (χ0v) is 20.6. The van der Waals surface area contributed by atoms with Gasteiger partial charge in [-0.15, -0.1) is 0 Å². The molecule has 2 nitrogen and oxygen atoms in total. The van der Waals surface area contributed by atoms with Crippen molar-refractivity contribution in [3.8, 4) is 33.6 Å². The summed E-state index contributed by atoms with van der Waals surface area (Å²) in [6.45, 7) is 6.33. The first-order valence-electron chi connectivity index (χ1n) is 12.4. The van der Waals surface area contributed by atoms with Gasteiger partial charge in [0.1, 0.15) is 0 Å². The van der Waals surface area contributed by atoms with E-state index in [1.165, 1.54) is 44.8 Å². The molecule has 2 heterocycles. The van der Waals surface area contributed by atoms with E-state index in [2.05, 4.69) is 145 Å². The summed E-state index contributed by atoms with van der Waals surface area (Å²) in [4.78, 5) is 0. The van der Waals surface area contributed by atoms with E-state index in [0.29, 0.717) is 0 Å². The van der Waals surface area contributed by atoms with Gasteiger partial charge in [0.2, 0.25) is 11.4 Å². The maximum Gasteiger partial charge on any atom is 0.212 e. The van der Waals surface area contributed by atoms with E-state index in [0.717, 1.165) is 19.5 Å². The second-order valence-corrected chi connectivity index (χ2v) is 9.12. The first-order valence-corrected chi connectivity index (χ1v) is 12.4. The fraction of sp³-hybridized carbons (Fsp3) is 0.152. The number of aromatic nitrogens is 2. The van der Waals surface area contributed by atoms with Crippen LogP contribution >= 0.6 is 0 Å². The van der Waals surface area contributed by atoms with E-state index in [9.17, 15) is 0 Å². The molecule has 0 aliphatic carbocycles. The Morgan fingerprint density at radius 3 is 1.69 bits per heavy atom. The molecule has 172 valence electrons. The van der Waals surface area contributed by atoms with Gasteiger partial charge in [-0.05, 0) is 60.4 Å². The van der Waals surface area contributed by atoms with E-state index in [1.54, 1.807) is 0 Å². The Morgan fingerprint density at radius 1 is 0.486 bits per heavy atom. The summed E-state index contributed by atoms with van der Waals surface area (Å²) >= 11 is 0. The van der Waals surface area contributed by atoms with Gasteiger partial charge in [0, 0.05) is 35.4 Å². The van der Waals surface area contributed by atoms with Gasteiger partial charge in [0.25, 0.3) is 0 Å². The molecule has 35 heavy (non-hydrogen) atoms. The average molecular weight is 457 g/mol. The van der Waals surface area contributed by atoms with E-state index in [-0.39, 0.29) is 0 Å². The molecule has 0 N–H and O–H groups in total. The van der Waals surface area contributed by atoms with Gasteiger partial charge in [-0.2, -0.15) is 9.13 Å². The minimum atomic E-state index is 0.963. The van der Waals surface area contributed by atoms with Crippen molar-refractivity contribution in [2.24, 2.45) is 0 Å². The molecule has 0 amide bonds. The standard InChI is InChI=1S/C33H32N2/c1-26-13-6-7-16-30(26)32-17-8-10-21-34(32)23-12-24-35-22-11-9-18-33(35)31-20-19-29(25-27(31)2)28-14-4-3-5-15-28/h3-11,13-22,25H,12,23-24H2,1-2H3/q+2. The molecule has 2 heteroatoms. The van der Waals surface area contributed by atoms with Crippen LogP contribution in [0.25, 0.3) is 33.6 Å². The van der Waals surface area contributed by atoms with Crippen molar-refractivity contribution in [2.75, 3.05) is 0 Å². The highest BCUT2D eigenvalue weighted by atomic mass is 15.0. The van der Waals surface area contributed by atoms with Crippen LogP contribution in [-0.2, 0) is 13.1 Å². The van der Waals surface area contributed by atoms with Crippen LogP contribution in [0.3, 0.4) is 0 Å². The van der Waals surface area contributed by atoms with Gasteiger partial charge >= 0.3 is 0 Å². The molecule has 0 saturated heterocycles. The topological polar surface area (TPSA) is 7.76 Å². The second-order valence-electron chi connectivity index (χ2n) is 9.12. The maximum absolute atomic E-state index is 2.39. The van der Waals surface area contributed by atoms with Crippen LogP contribution in [0.15, 0.2) is 122 Å². The number of hydrogen-bond donors (Lipinski definition) is 0. The fourth-order valence-corrected chi connectivity index (χ4v) is 4.86. The van der Waals surface area contributed by atoms with E-state index >= 15 is 0 Å². The molecule has 0 radical (unpaired) electrons. The Bertz CT molecular complexity index is 1440. The van der Waals surface area contributed by atoms with Crippen molar-refractivity contribution in [1.82, 2.24) is 0 Å². The highest BCUT2D eigenvalue weighted by Gasteiger charge is 2.18. The fourth-order valence-electron chi connectivity index (χ4n) is 4.86. The molecule has 0 atom stereocenters. The highest BCUT2D eigenvalue weighted by Crippen LogP contribution is 2.27. The van der Waals surface area contributed by atoms with Crippen molar-refractivity contribution < 1.29 is 9.13 Å². The van der Waals surface area contributed by atoms with Crippen molar-refractivity contribution >= 4 is 0 Å². The molecule has 5 rings (SSSR count). The van der Waals surface area contributed by atoms with Crippen molar-refractivity contribution in [2.45, 2.75) is 33.4 Å². The number of pyridine rings is 2. The normalized spacial score (nSPS) is 10.9. The summed E-state index contributed by atoms with van der Waals surface area (Å²) in [5.41, 5.74) is 10.3. The van der Waals surface area contributed by atoms with E-state index in [4.69, 9.17) is 0 Å². The molecule has 0 unspecified atom stereocenters. The minimum absolute atomic E-state index is 0.963. The predicted octanol–water partition coefficient (Wildman–Crippen LogP) is 6.97. The second kappa shape index (κ2) is 10.5. The molecule has 0 aliphatic heterocycles. The van der Waals surface area contributed by atoms with Crippen molar-refractivity contribution in [1.29, 1.82) is 0 Å². The van der Waals surface area contributed by atoms with Gasteiger partial charge in [-0.3, -0.25) is 0 Å². The lowest BCUT2D eigenvalue weighted by Gasteiger charge is -2.10. The minimum Gasteiger partial charge on any atom is -0.198 e. The molecule has 0 saturated carbocycles. The Labute approximate surface area is 208 Å². The summed E-state index contributed by atoms with van der Waals surface area (Å²) in [5, 5.41) is 0. The Kier molecular flexibility index (Phi) is 6.81. The zero-order chi connectivity index (χ0) is 24.0. The Balaban J connectivity index is 1.36. The number of aryl methyl sites for hydroxylation is 4. The monoisotopic (exact) mass is 456 g/mol. The van der Waals surface area contributed by atoms with E-state index in [1.807, 2.05) is 0 Å². The van der Waals surface area contributed by atoms with E-state index < -0.39 is 0 Å². The van der Waals surface area contributed by atoms with Crippen LogP contribution in [0, 0.1) is 13.8 Å². The molecule has 0 fully saturated rings. The van der Waals surface area contributed by atoms with Crippen LogP contribution in [0.5, 0.6) is 0 Å². The number of rotatable bonds is 7. The third-order valence-corrected chi connectivity index (χ3v) is 6.71. The molecule has 2 aromatic heterocycles. The van der Waals surface area contributed by atoms with Crippen molar-refractivity contribution in [3.05, 3.63) is 133 Å². The van der Waals surface area contributed by atoms with Gasteiger partial charge in [0.05, 0.1) is 6.42 Å². The molecule has 0 aliphatic rings. The third kappa shape index (κ3) is 5.07. The summed E-state index contributed by atoms with van der Waals surface area (Å²) in [7, 11) is 0. The summed E-state index contributed by atoms with van der Waals surface area (Å²) < 4.78 is 4.77. The summed E-state index contributed by atoms with van der Waals surface area (Å²) in [5.74, 6) is 0. The number of benzene rings is 3. The molecule has 0 bridgehead atoms. The average Bonchev–Trinajstić information content (AvgIpc) is 2.90. The SMILES string of the molecule is Cc1ccccc1-c1cccc[n+]1CCC[n+]1ccccc1-c1ccc(-c2ccccc2)cc1C. The van der Waals surface area contributed by atoms with Crippen molar-refractivity contribution in [3.63, 3.8) is 0 Å². The van der Waals surface area contributed by atoms with Gasteiger partial charge < -0.3 is 0 Å². The van der Waals surface area contributed by atoms with Gasteiger partial charge in [-0.25, -0.2) is 0 Å². The Morgan fingerprint density at radius 2 is 1.06 bits per heavy atom. The summed E-state index contributed by atoms with van der Waals surface area (Å²) in [6.07, 6.45) is 5.46. The maximum atomic E-state index is 2.39. The summed E-state index contributed by atoms with van der Waals surface area (Å²) in [6, 6.07) is 39.0. The molecule has 0 spiro atoms. The van der Waals surface area contributed by atoms with Crippen LogP contribution < -0.4 is 9.13 Å². The predicted molar refractivity (Wildman–Crippen MR) is 144 cm³/mol. The molecule has 5 aromatic rings. The van der Waals surface area contributed by atoms with Crippen LogP contribution in [-0.4, -0.2) is 0 Å². The smallest absolute Gasteiger partial charge is 0.198 e. The van der Waals surface area contributed by atoms with Gasteiger partial charge in [-0.1, -0.05) is 60.7 Å². The molecule has 3 aromatic carbocycles. The number of nitrogens with zero attached hydrogens (tertiary/aromatic N) is 2. The van der Waals surface area contributed by atoms with Crippen LogP contribution in [0.4, 0.5) is 0 Å². The zero-order valence-electron chi connectivity index (χ0n) is 20.6. The van der Waals surface area contributed by atoms with Crippen LogP contribution in [0.1, 0.15) is 17.5 Å².